The van der Waals surface area contributed by atoms with Crippen LogP contribution in [0.2, 0.25) is 0 Å². The average molecular weight is 337 g/mol. The second-order valence-corrected chi connectivity index (χ2v) is 5.93. The third-order valence-corrected chi connectivity index (χ3v) is 4.28. The van der Waals surface area contributed by atoms with Gasteiger partial charge in [0.1, 0.15) is 0 Å². The average Bonchev–Trinajstić information content (AvgIpc) is 3.09. The van der Waals surface area contributed by atoms with Crippen LogP contribution >= 0.6 is 11.8 Å². The van der Waals surface area contributed by atoms with Crippen LogP contribution in [0.3, 0.4) is 0 Å². The van der Waals surface area contributed by atoms with Gasteiger partial charge in [-0.15, -0.1) is 11.8 Å². The molecule has 6 heteroatoms. The van der Waals surface area contributed by atoms with Gasteiger partial charge < -0.3 is 0 Å². The van der Waals surface area contributed by atoms with Crippen LogP contribution in [0.15, 0.2) is 65.7 Å². The van der Waals surface area contributed by atoms with Gasteiger partial charge in [-0.3, -0.25) is 10.1 Å². The van der Waals surface area contributed by atoms with Crippen molar-refractivity contribution in [3.05, 3.63) is 82.2 Å². The van der Waals surface area contributed by atoms with E-state index in [2.05, 4.69) is 29.4 Å². The molecule has 0 N–H and O–H groups in total. The first kappa shape index (κ1) is 16.0. The Morgan fingerprint density at radius 3 is 2.38 bits per heavy atom. The van der Waals surface area contributed by atoms with E-state index >= 15 is 0 Å². The number of aromatic nitrogens is 2. The minimum absolute atomic E-state index is 0.0666. The first-order valence-electron chi connectivity index (χ1n) is 7.28. The number of nitro groups is 1. The molecule has 0 aliphatic rings. The number of nitro benzene ring substituents is 1. The number of benzene rings is 2. The van der Waals surface area contributed by atoms with Gasteiger partial charge in [0.15, 0.2) is 0 Å². The fraction of sp³-hybridized carbons (Fsp3) is 0.0556. The molecule has 0 saturated heterocycles. The standard InChI is InChI=1S/C18H15N3O2S/c1-24-18-10-3-14(4-11-18)2-5-16-12-13-19-20(16)15-6-8-17(9-7-15)21(22)23/h2-13H,1H3/b5-2+. The molecule has 0 spiro atoms. The first-order chi connectivity index (χ1) is 11.7. The molecule has 0 saturated carbocycles. The summed E-state index contributed by atoms with van der Waals surface area (Å²) in [5.41, 5.74) is 2.85. The molecule has 0 atom stereocenters. The summed E-state index contributed by atoms with van der Waals surface area (Å²) in [6.45, 7) is 0. The summed E-state index contributed by atoms with van der Waals surface area (Å²) in [6, 6.07) is 16.5. The van der Waals surface area contributed by atoms with Crippen molar-refractivity contribution in [1.29, 1.82) is 0 Å². The lowest BCUT2D eigenvalue weighted by molar-refractivity contribution is -0.384. The highest BCUT2D eigenvalue weighted by molar-refractivity contribution is 7.98. The largest absolute Gasteiger partial charge is 0.269 e. The number of rotatable bonds is 5. The molecule has 0 unspecified atom stereocenters. The van der Waals surface area contributed by atoms with Crippen LogP contribution < -0.4 is 0 Å². The monoisotopic (exact) mass is 337 g/mol. The minimum Gasteiger partial charge on any atom is -0.258 e. The summed E-state index contributed by atoms with van der Waals surface area (Å²) in [6.07, 6.45) is 7.75. The molecule has 2 aromatic carbocycles. The van der Waals surface area contributed by atoms with E-state index in [1.165, 1.54) is 17.0 Å². The zero-order chi connectivity index (χ0) is 16.9. The van der Waals surface area contributed by atoms with Crippen molar-refractivity contribution in [2.45, 2.75) is 4.90 Å². The lowest BCUT2D eigenvalue weighted by atomic mass is 10.2. The smallest absolute Gasteiger partial charge is 0.258 e. The van der Waals surface area contributed by atoms with Crippen LogP contribution in [-0.2, 0) is 0 Å². The summed E-state index contributed by atoms with van der Waals surface area (Å²) in [5.74, 6) is 0. The van der Waals surface area contributed by atoms with Gasteiger partial charge >= 0.3 is 0 Å². The molecule has 0 bridgehead atoms. The molecule has 0 aliphatic heterocycles. The Balaban J connectivity index is 1.84. The van der Waals surface area contributed by atoms with Crippen molar-refractivity contribution in [1.82, 2.24) is 9.78 Å². The second-order valence-electron chi connectivity index (χ2n) is 5.05. The Labute approximate surface area is 143 Å². The molecule has 1 aromatic heterocycles. The van der Waals surface area contributed by atoms with Crippen molar-refractivity contribution >= 4 is 29.6 Å². The summed E-state index contributed by atoms with van der Waals surface area (Å²) < 4.78 is 1.75. The van der Waals surface area contributed by atoms with Gasteiger partial charge in [-0.2, -0.15) is 5.10 Å². The molecule has 24 heavy (non-hydrogen) atoms. The van der Waals surface area contributed by atoms with Crippen LogP contribution in [0, 0.1) is 10.1 Å². The van der Waals surface area contributed by atoms with Crippen LogP contribution in [0.4, 0.5) is 5.69 Å². The molecular formula is C18H15N3O2S. The van der Waals surface area contributed by atoms with Crippen molar-refractivity contribution in [2.24, 2.45) is 0 Å². The Morgan fingerprint density at radius 2 is 1.75 bits per heavy atom. The van der Waals surface area contributed by atoms with E-state index in [0.29, 0.717) is 0 Å². The number of nitrogens with zero attached hydrogens (tertiary/aromatic N) is 3. The third kappa shape index (κ3) is 3.55. The van der Waals surface area contributed by atoms with Gasteiger partial charge in [0.25, 0.3) is 5.69 Å². The molecule has 3 aromatic rings. The highest BCUT2D eigenvalue weighted by atomic mass is 32.2. The van der Waals surface area contributed by atoms with E-state index in [-0.39, 0.29) is 5.69 Å². The fourth-order valence-corrected chi connectivity index (χ4v) is 2.68. The SMILES string of the molecule is CSc1ccc(/C=C/c2ccnn2-c2ccc([N+](=O)[O-])cc2)cc1. The van der Waals surface area contributed by atoms with Gasteiger partial charge in [-0.05, 0) is 48.2 Å². The van der Waals surface area contributed by atoms with Crippen molar-refractivity contribution in [3.63, 3.8) is 0 Å². The van der Waals surface area contributed by atoms with Crippen LogP contribution in [0.25, 0.3) is 17.8 Å². The van der Waals surface area contributed by atoms with Crippen LogP contribution in [-0.4, -0.2) is 21.0 Å². The van der Waals surface area contributed by atoms with Gasteiger partial charge in [0.2, 0.25) is 0 Å². The van der Waals surface area contributed by atoms with E-state index in [1.807, 2.05) is 24.5 Å². The normalized spacial score (nSPS) is 11.0. The van der Waals surface area contributed by atoms with E-state index in [9.17, 15) is 10.1 Å². The van der Waals surface area contributed by atoms with Crippen molar-refractivity contribution < 1.29 is 4.92 Å². The lowest BCUT2D eigenvalue weighted by Gasteiger charge is -2.04. The van der Waals surface area contributed by atoms with E-state index in [1.54, 1.807) is 34.8 Å². The number of non-ortho nitro benzene ring substituents is 1. The molecular weight excluding hydrogens is 322 g/mol. The van der Waals surface area contributed by atoms with Gasteiger partial charge in [-0.25, -0.2) is 4.68 Å². The van der Waals surface area contributed by atoms with Gasteiger partial charge in [-0.1, -0.05) is 18.2 Å². The second kappa shape index (κ2) is 7.14. The van der Waals surface area contributed by atoms with E-state index in [0.717, 1.165) is 16.9 Å². The summed E-state index contributed by atoms with van der Waals surface area (Å²) in [5, 5.41) is 15.0. The predicted molar refractivity (Wildman–Crippen MR) is 97.4 cm³/mol. The lowest BCUT2D eigenvalue weighted by Crippen LogP contribution is -1.98. The van der Waals surface area contributed by atoms with Crippen molar-refractivity contribution in [2.75, 3.05) is 6.26 Å². The predicted octanol–water partition coefficient (Wildman–Crippen LogP) is 4.67. The minimum atomic E-state index is -0.411. The van der Waals surface area contributed by atoms with Crippen LogP contribution in [0.1, 0.15) is 11.3 Å². The summed E-state index contributed by atoms with van der Waals surface area (Å²) >= 11 is 1.71. The summed E-state index contributed by atoms with van der Waals surface area (Å²) in [7, 11) is 0. The molecule has 0 radical (unpaired) electrons. The zero-order valence-corrected chi connectivity index (χ0v) is 13.8. The first-order valence-corrected chi connectivity index (χ1v) is 8.51. The molecule has 0 fully saturated rings. The molecule has 1 heterocycles. The zero-order valence-electron chi connectivity index (χ0n) is 13.0. The maximum absolute atomic E-state index is 10.7. The Bertz CT molecular complexity index is 868. The molecule has 120 valence electrons. The number of hydrogen-bond donors (Lipinski definition) is 0. The third-order valence-electron chi connectivity index (χ3n) is 3.54. The molecule has 0 aliphatic carbocycles. The Kier molecular flexibility index (Phi) is 4.77. The highest BCUT2D eigenvalue weighted by Crippen LogP contribution is 2.19. The topological polar surface area (TPSA) is 61.0 Å². The number of hydrogen-bond acceptors (Lipinski definition) is 4. The summed E-state index contributed by atoms with van der Waals surface area (Å²) in [4.78, 5) is 11.6. The Hall–Kier alpha value is -2.86. The van der Waals surface area contributed by atoms with Gasteiger partial charge in [0.05, 0.1) is 22.5 Å². The highest BCUT2D eigenvalue weighted by Gasteiger charge is 2.07. The number of thioether (sulfide) groups is 1. The van der Waals surface area contributed by atoms with Crippen LogP contribution in [0.5, 0.6) is 0 Å². The van der Waals surface area contributed by atoms with E-state index < -0.39 is 4.92 Å². The van der Waals surface area contributed by atoms with E-state index in [4.69, 9.17) is 0 Å². The maximum Gasteiger partial charge on any atom is 0.269 e. The fourth-order valence-electron chi connectivity index (χ4n) is 2.27. The molecule has 3 rings (SSSR count). The molecule has 5 nitrogen and oxygen atoms in total. The molecule has 0 amide bonds. The quantitative estimate of drug-likeness (QED) is 0.385. The van der Waals surface area contributed by atoms with Crippen molar-refractivity contribution in [3.8, 4) is 5.69 Å². The van der Waals surface area contributed by atoms with Gasteiger partial charge in [0, 0.05) is 17.0 Å². The maximum atomic E-state index is 10.7. The Morgan fingerprint density at radius 1 is 1.04 bits per heavy atom.